The average Bonchev–Trinajstić information content (AvgIpc) is 3.13. The van der Waals surface area contributed by atoms with Gasteiger partial charge in [-0.3, -0.25) is 4.40 Å². The smallest absolute Gasteiger partial charge is 0.165 e. The zero-order valence-electron chi connectivity index (χ0n) is 10.1. The van der Waals surface area contributed by atoms with Gasteiger partial charge in [0.05, 0.1) is 0 Å². The molecular formula is C14H11ClN4. The van der Waals surface area contributed by atoms with Crippen molar-refractivity contribution in [3.8, 4) is 0 Å². The van der Waals surface area contributed by atoms with Crippen molar-refractivity contribution in [3.63, 3.8) is 0 Å². The molecule has 0 bridgehead atoms. The van der Waals surface area contributed by atoms with Crippen LogP contribution in [-0.4, -0.2) is 19.6 Å². The number of benzene rings is 1. The van der Waals surface area contributed by atoms with Crippen molar-refractivity contribution in [2.24, 2.45) is 0 Å². The highest BCUT2D eigenvalue weighted by Crippen LogP contribution is 2.53. The molecule has 0 spiro atoms. The van der Waals surface area contributed by atoms with Crippen molar-refractivity contribution in [1.82, 2.24) is 19.6 Å². The second-order valence-corrected chi connectivity index (χ2v) is 5.24. The van der Waals surface area contributed by atoms with Crippen LogP contribution in [0, 0.1) is 0 Å². The third-order valence-electron chi connectivity index (χ3n) is 3.64. The van der Waals surface area contributed by atoms with Crippen molar-refractivity contribution in [1.29, 1.82) is 0 Å². The predicted octanol–water partition coefficient (Wildman–Crippen LogP) is 3.05. The van der Waals surface area contributed by atoms with Gasteiger partial charge in [0.15, 0.2) is 5.65 Å². The van der Waals surface area contributed by atoms with Crippen LogP contribution in [-0.2, 0) is 0 Å². The Morgan fingerprint density at radius 3 is 2.79 bits per heavy atom. The lowest BCUT2D eigenvalue weighted by Crippen LogP contribution is -1.95. The summed E-state index contributed by atoms with van der Waals surface area (Å²) in [5.74, 6) is 1.96. The van der Waals surface area contributed by atoms with Crippen LogP contribution in [0.25, 0.3) is 5.65 Å². The molecule has 1 aromatic carbocycles. The second kappa shape index (κ2) is 4.03. The summed E-state index contributed by atoms with van der Waals surface area (Å²) in [4.78, 5) is 4.10. The highest BCUT2D eigenvalue weighted by molar-refractivity contribution is 6.29. The summed E-state index contributed by atoms with van der Waals surface area (Å²) in [7, 11) is 0. The first-order valence-corrected chi connectivity index (χ1v) is 6.62. The topological polar surface area (TPSA) is 43.1 Å². The minimum absolute atomic E-state index is 0.431. The van der Waals surface area contributed by atoms with E-state index in [1.165, 1.54) is 5.56 Å². The number of hydrogen-bond donors (Lipinski definition) is 0. The molecule has 19 heavy (non-hydrogen) atoms. The van der Waals surface area contributed by atoms with Gasteiger partial charge in [0.2, 0.25) is 0 Å². The van der Waals surface area contributed by atoms with Crippen molar-refractivity contribution in [3.05, 3.63) is 59.3 Å². The molecule has 0 amide bonds. The lowest BCUT2D eigenvalue weighted by Gasteiger charge is -2.00. The predicted molar refractivity (Wildman–Crippen MR) is 72.3 cm³/mol. The number of rotatable bonds is 2. The van der Waals surface area contributed by atoms with E-state index < -0.39 is 0 Å². The lowest BCUT2D eigenvalue weighted by molar-refractivity contribution is 0.860. The monoisotopic (exact) mass is 270 g/mol. The highest BCUT2D eigenvalue weighted by atomic mass is 35.5. The Bertz CT molecular complexity index is 738. The number of fused-ring (bicyclic) bond motifs is 1. The molecule has 4 nitrogen and oxygen atoms in total. The molecule has 0 saturated heterocycles. The van der Waals surface area contributed by atoms with E-state index >= 15 is 0 Å². The van der Waals surface area contributed by atoms with Crippen LogP contribution in [0.5, 0.6) is 0 Å². The van der Waals surface area contributed by atoms with E-state index in [2.05, 4.69) is 39.4 Å². The van der Waals surface area contributed by atoms with Gasteiger partial charge in [-0.25, -0.2) is 4.98 Å². The maximum atomic E-state index is 5.86. The summed E-state index contributed by atoms with van der Waals surface area (Å²) in [6.07, 6.45) is 2.82. The Hall–Kier alpha value is -1.94. The van der Waals surface area contributed by atoms with Crippen LogP contribution >= 0.6 is 11.6 Å². The van der Waals surface area contributed by atoms with E-state index in [4.69, 9.17) is 11.6 Å². The minimum atomic E-state index is 0.431. The Labute approximate surface area is 115 Å². The Kier molecular flexibility index (Phi) is 2.32. The quantitative estimate of drug-likeness (QED) is 0.672. The number of halogens is 1. The van der Waals surface area contributed by atoms with Crippen molar-refractivity contribution >= 4 is 17.2 Å². The largest absolute Gasteiger partial charge is 0.269 e. The fourth-order valence-corrected chi connectivity index (χ4v) is 2.73. The molecule has 2 atom stereocenters. The first kappa shape index (κ1) is 10.9. The van der Waals surface area contributed by atoms with E-state index in [-0.39, 0.29) is 0 Å². The van der Waals surface area contributed by atoms with Crippen LogP contribution in [0.3, 0.4) is 0 Å². The molecule has 1 aliphatic rings. The molecule has 4 rings (SSSR count). The van der Waals surface area contributed by atoms with Crippen molar-refractivity contribution in [2.45, 2.75) is 18.3 Å². The Balaban J connectivity index is 1.70. The molecule has 0 N–H and O–H groups in total. The van der Waals surface area contributed by atoms with Crippen LogP contribution in [0.4, 0.5) is 0 Å². The van der Waals surface area contributed by atoms with Crippen LogP contribution < -0.4 is 0 Å². The third-order valence-corrected chi connectivity index (χ3v) is 3.85. The lowest BCUT2D eigenvalue weighted by atomic mass is 10.1. The fraction of sp³-hybridized carbons (Fsp3) is 0.214. The molecule has 1 aliphatic carbocycles. The molecule has 2 heterocycles. The molecule has 0 radical (unpaired) electrons. The van der Waals surface area contributed by atoms with Gasteiger partial charge in [-0.05, 0) is 17.9 Å². The molecule has 3 aromatic rings. The summed E-state index contributed by atoms with van der Waals surface area (Å²) >= 11 is 5.86. The molecule has 2 aromatic heterocycles. The second-order valence-electron chi connectivity index (χ2n) is 4.86. The average molecular weight is 271 g/mol. The molecule has 2 unspecified atom stereocenters. The first-order valence-electron chi connectivity index (χ1n) is 6.24. The van der Waals surface area contributed by atoms with E-state index in [0.29, 0.717) is 17.0 Å². The highest BCUT2D eigenvalue weighted by Gasteiger charge is 2.42. The van der Waals surface area contributed by atoms with E-state index in [0.717, 1.165) is 17.9 Å². The first-order chi connectivity index (χ1) is 9.33. The van der Waals surface area contributed by atoms with Gasteiger partial charge in [-0.1, -0.05) is 41.9 Å². The molecule has 5 heteroatoms. The van der Waals surface area contributed by atoms with Gasteiger partial charge in [-0.2, -0.15) is 0 Å². The molecule has 0 aliphatic heterocycles. The number of hydrogen-bond acceptors (Lipinski definition) is 3. The zero-order valence-corrected chi connectivity index (χ0v) is 10.8. The summed E-state index contributed by atoms with van der Waals surface area (Å²) < 4.78 is 1.93. The summed E-state index contributed by atoms with van der Waals surface area (Å²) in [6, 6.07) is 12.3. The van der Waals surface area contributed by atoms with Gasteiger partial charge in [0.1, 0.15) is 17.3 Å². The minimum Gasteiger partial charge on any atom is -0.269 e. The SMILES string of the molecule is Clc1cc2nnc(C3CC3c3ccccc3)n2cn1. The third kappa shape index (κ3) is 1.79. The standard InChI is InChI=1S/C14H11ClN4/c15-12-7-13-17-18-14(19(13)8-16-12)11-6-10(11)9-4-2-1-3-5-9/h1-5,7-8,10-11H,6H2. The maximum absolute atomic E-state index is 5.86. The fourth-order valence-electron chi connectivity index (χ4n) is 2.59. The zero-order chi connectivity index (χ0) is 12.8. The van der Waals surface area contributed by atoms with Crippen LogP contribution in [0.15, 0.2) is 42.7 Å². The summed E-state index contributed by atoms with van der Waals surface area (Å²) in [5, 5.41) is 8.89. The Morgan fingerprint density at radius 2 is 1.95 bits per heavy atom. The summed E-state index contributed by atoms with van der Waals surface area (Å²) in [6.45, 7) is 0. The van der Waals surface area contributed by atoms with E-state index in [1.807, 2.05) is 10.5 Å². The van der Waals surface area contributed by atoms with E-state index in [1.54, 1.807) is 12.4 Å². The van der Waals surface area contributed by atoms with Crippen LogP contribution in [0.2, 0.25) is 5.15 Å². The molecular weight excluding hydrogens is 260 g/mol. The van der Waals surface area contributed by atoms with Crippen LogP contribution in [0.1, 0.15) is 29.6 Å². The molecule has 1 fully saturated rings. The maximum Gasteiger partial charge on any atom is 0.165 e. The number of nitrogens with zero attached hydrogens (tertiary/aromatic N) is 4. The van der Waals surface area contributed by atoms with Gasteiger partial charge in [0, 0.05) is 12.0 Å². The van der Waals surface area contributed by atoms with Crippen molar-refractivity contribution in [2.75, 3.05) is 0 Å². The van der Waals surface area contributed by atoms with Crippen molar-refractivity contribution < 1.29 is 0 Å². The van der Waals surface area contributed by atoms with Gasteiger partial charge >= 0.3 is 0 Å². The molecule has 94 valence electrons. The Morgan fingerprint density at radius 1 is 1.11 bits per heavy atom. The summed E-state index contributed by atoms with van der Waals surface area (Å²) in [5.41, 5.74) is 2.12. The normalized spacial score (nSPS) is 21.7. The van der Waals surface area contributed by atoms with Gasteiger partial charge < -0.3 is 0 Å². The van der Waals surface area contributed by atoms with Gasteiger partial charge in [-0.15, -0.1) is 10.2 Å². The van der Waals surface area contributed by atoms with E-state index in [9.17, 15) is 0 Å². The number of aromatic nitrogens is 4. The molecule has 1 saturated carbocycles. The van der Waals surface area contributed by atoms with Gasteiger partial charge in [0.25, 0.3) is 0 Å².